The van der Waals surface area contributed by atoms with Crippen LogP contribution in [0.2, 0.25) is 10.0 Å². The molecular formula is C24H18Cl2N4O. The molecule has 0 saturated carbocycles. The zero-order valence-electron chi connectivity index (χ0n) is 16.3. The monoisotopic (exact) mass is 448 g/mol. The molecule has 4 aromatic rings. The van der Waals surface area contributed by atoms with E-state index in [1.165, 1.54) is 0 Å². The molecule has 0 aliphatic heterocycles. The summed E-state index contributed by atoms with van der Waals surface area (Å²) in [6.45, 7) is 0. The number of carbonyl (C=O) groups excluding carboxylic acids is 1. The molecule has 0 atom stereocenters. The molecule has 31 heavy (non-hydrogen) atoms. The first-order valence-corrected chi connectivity index (χ1v) is 10.2. The van der Waals surface area contributed by atoms with Crippen molar-refractivity contribution in [2.45, 2.75) is 0 Å². The van der Waals surface area contributed by atoms with Crippen molar-refractivity contribution in [2.24, 2.45) is 4.99 Å². The molecule has 0 saturated heterocycles. The van der Waals surface area contributed by atoms with Gasteiger partial charge in [0.15, 0.2) is 0 Å². The van der Waals surface area contributed by atoms with E-state index in [-0.39, 0.29) is 5.84 Å². The number of amidine groups is 1. The van der Waals surface area contributed by atoms with Gasteiger partial charge in [-0.2, -0.15) is 0 Å². The molecule has 0 fully saturated rings. The number of carbonyl (C=O) groups is 1. The predicted octanol–water partition coefficient (Wildman–Crippen LogP) is 6.43. The van der Waals surface area contributed by atoms with Crippen LogP contribution in [-0.4, -0.2) is 11.7 Å². The van der Waals surface area contributed by atoms with Gasteiger partial charge in [0.2, 0.25) is 5.84 Å². The molecule has 0 aliphatic carbocycles. The van der Waals surface area contributed by atoms with E-state index in [0.717, 1.165) is 10.8 Å². The number of para-hydroxylation sites is 1. The third kappa shape index (κ3) is 5.34. The Bertz CT molecular complexity index is 1270. The Morgan fingerprint density at radius 2 is 1.55 bits per heavy atom. The minimum Gasteiger partial charge on any atom is -0.319 e. The number of amides is 1. The van der Waals surface area contributed by atoms with Crippen molar-refractivity contribution in [3.8, 4) is 0 Å². The minimum absolute atomic E-state index is 0.0650. The largest absolute Gasteiger partial charge is 0.319 e. The van der Waals surface area contributed by atoms with Crippen LogP contribution < -0.4 is 16.2 Å². The van der Waals surface area contributed by atoms with E-state index in [4.69, 9.17) is 23.2 Å². The van der Waals surface area contributed by atoms with Crippen molar-refractivity contribution >= 4 is 62.8 Å². The van der Waals surface area contributed by atoms with Gasteiger partial charge in [-0.1, -0.05) is 71.7 Å². The van der Waals surface area contributed by atoms with Crippen LogP contribution in [0.25, 0.3) is 10.8 Å². The molecule has 0 aliphatic rings. The van der Waals surface area contributed by atoms with Crippen LogP contribution >= 0.6 is 23.2 Å². The van der Waals surface area contributed by atoms with E-state index in [1.54, 1.807) is 36.4 Å². The third-order valence-corrected chi connectivity index (χ3v) is 5.03. The van der Waals surface area contributed by atoms with E-state index in [2.05, 4.69) is 21.2 Å². The first-order valence-electron chi connectivity index (χ1n) is 9.49. The number of halogens is 2. The highest BCUT2D eigenvalue weighted by molar-refractivity contribution is 6.43. The maximum absolute atomic E-state index is 13.0. The summed E-state index contributed by atoms with van der Waals surface area (Å²) in [6, 6.07) is 27.8. The van der Waals surface area contributed by atoms with Gasteiger partial charge < -0.3 is 5.32 Å². The van der Waals surface area contributed by atoms with Crippen molar-refractivity contribution in [3.05, 3.63) is 101 Å². The van der Waals surface area contributed by atoms with Crippen LogP contribution in [0, 0.1) is 0 Å². The number of anilines is 2. The number of rotatable bonds is 4. The number of fused-ring (bicyclic) bond motifs is 1. The van der Waals surface area contributed by atoms with Crippen LogP contribution in [0.1, 0.15) is 0 Å². The van der Waals surface area contributed by atoms with Gasteiger partial charge in [0.05, 0.1) is 16.4 Å². The normalized spacial score (nSPS) is 11.2. The van der Waals surface area contributed by atoms with Crippen LogP contribution in [0.15, 0.2) is 96.0 Å². The maximum Gasteiger partial charge on any atom is 0.292 e. The van der Waals surface area contributed by atoms with Gasteiger partial charge in [-0.25, -0.2) is 4.99 Å². The second kappa shape index (κ2) is 9.51. The second-order valence-electron chi connectivity index (χ2n) is 6.69. The quantitative estimate of drug-likeness (QED) is 0.191. The topological polar surface area (TPSA) is 65.5 Å². The van der Waals surface area contributed by atoms with Crippen molar-refractivity contribution < 1.29 is 4.79 Å². The fourth-order valence-corrected chi connectivity index (χ4v) is 3.33. The molecule has 5 nitrogen and oxygen atoms in total. The number of nitrogens with one attached hydrogen (secondary N) is 3. The lowest BCUT2D eigenvalue weighted by atomic mass is 10.1. The standard InChI is InChI=1S/C24H18Cl2N4O/c25-18-8-5-9-19(15-18)28-24(31)23(30-29-22-11-4-3-10-21(22)26)27-20-13-12-16-6-1-2-7-17(16)14-20/h1-15,29H,(H,27,30)(H,28,31). The zero-order chi connectivity index (χ0) is 21.6. The lowest BCUT2D eigenvalue weighted by molar-refractivity contribution is -0.110. The Morgan fingerprint density at radius 3 is 2.35 bits per heavy atom. The van der Waals surface area contributed by atoms with Crippen LogP contribution in [-0.2, 0) is 4.79 Å². The SMILES string of the molecule is O=C(Nc1cccc(Cl)c1)C(=Nc1ccc2ccccc2c1)NNc1ccccc1Cl. The highest BCUT2D eigenvalue weighted by Crippen LogP contribution is 2.22. The van der Waals surface area contributed by atoms with Crippen molar-refractivity contribution in [1.29, 1.82) is 0 Å². The van der Waals surface area contributed by atoms with Gasteiger partial charge in [-0.05, 0) is 53.2 Å². The summed E-state index contributed by atoms with van der Waals surface area (Å²) in [6.07, 6.45) is 0. The van der Waals surface area contributed by atoms with Crippen molar-refractivity contribution in [3.63, 3.8) is 0 Å². The van der Waals surface area contributed by atoms with Gasteiger partial charge in [-0.15, -0.1) is 0 Å². The van der Waals surface area contributed by atoms with Crippen LogP contribution in [0.4, 0.5) is 17.1 Å². The van der Waals surface area contributed by atoms with Gasteiger partial charge in [0, 0.05) is 10.7 Å². The number of benzene rings is 4. The lowest BCUT2D eigenvalue weighted by Gasteiger charge is -2.14. The summed E-state index contributed by atoms with van der Waals surface area (Å²) in [5.41, 5.74) is 7.63. The van der Waals surface area contributed by atoms with Gasteiger partial charge >= 0.3 is 0 Å². The number of nitrogens with zero attached hydrogens (tertiary/aromatic N) is 1. The number of aliphatic imine (C=N–C) groups is 1. The fourth-order valence-electron chi connectivity index (χ4n) is 2.96. The summed E-state index contributed by atoms with van der Waals surface area (Å²) < 4.78 is 0. The average Bonchev–Trinajstić information content (AvgIpc) is 2.77. The van der Waals surface area contributed by atoms with E-state index < -0.39 is 5.91 Å². The number of hydrogen-bond acceptors (Lipinski definition) is 3. The van der Waals surface area contributed by atoms with Gasteiger partial charge in [0.1, 0.15) is 0 Å². The predicted molar refractivity (Wildman–Crippen MR) is 129 cm³/mol. The third-order valence-electron chi connectivity index (χ3n) is 4.46. The Balaban J connectivity index is 1.64. The summed E-state index contributed by atoms with van der Waals surface area (Å²) >= 11 is 12.2. The molecule has 4 aromatic carbocycles. The Morgan fingerprint density at radius 1 is 0.774 bits per heavy atom. The molecule has 0 spiro atoms. The van der Waals surface area contributed by atoms with Gasteiger partial charge in [0.25, 0.3) is 5.91 Å². The van der Waals surface area contributed by atoms with Crippen LogP contribution in [0.5, 0.6) is 0 Å². The number of hydrogen-bond donors (Lipinski definition) is 3. The first kappa shape index (κ1) is 20.7. The van der Waals surface area contributed by atoms with E-state index in [9.17, 15) is 4.79 Å². The van der Waals surface area contributed by atoms with Gasteiger partial charge in [-0.3, -0.25) is 15.6 Å². The Labute approximate surface area is 189 Å². The molecule has 4 rings (SSSR count). The highest BCUT2D eigenvalue weighted by atomic mass is 35.5. The summed E-state index contributed by atoms with van der Waals surface area (Å²) in [5, 5.41) is 5.95. The van der Waals surface area contributed by atoms with Crippen LogP contribution in [0.3, 0.4) is 0 Å². The lowest BCUT2D eigenvalue weighted by Crippen LogP contribution is -2.39. The Hall–Kier alpha value is -3.54. The molecule has 0 unspecified atom stereocenters. The van der Waals surface area contributed by atoms with Crippen molar-refractivity contribution in [1.82, 2.24) is 5.43 Å². The maximum atomic E-state index is 13.0. The fraction of sp³-hybridized carbons (Fsp3) is 0. The molecular weight excluding hydrogens is 431 g/mol. The van der Waals surface area contributed by atoms with E-state index in [0.29, 0.717) is 27.1 Å². The molecule has 7 heteroatoms. The average molecular weight is 449 g/mol. The summed E-state index contributed by atoms with van der Waals surface area (Å²) in [7, 11) is 0. The molecule has 3 N–H and O–H groups in total. The number of hydrazine groups is 1. The summed E-state index contributed by atoms with van der Waals surface area (Å²) in [5.74, 6) is -0.370. The summed E-state index contributed by atoms with van der Waals surface area (Å²) in [4.78, 5) is 17.5. The highest BCUT2D eigenvalue weighted by Gasteiger charge is 2.13. The molecule has 0 aromatic heterocycles. The molecule has 0 heterocycles. The smallest absolute Gasteiger partial charge is 0.292 e. The first-order chi connectivity index (χ1) is 15.1. The molecule has 0 bridgehead atoms. The second-order valence-corrected chi connectivity index (χ2v) is 7.53. The zero-order valence-corrected chi connectivity index (χ0v) is 17.8. The minimum atomic E-state index is -0.435. The molecule has 1 amide bonds. The molecule has 154 valence electrons. The van der Waals surface area contributed by atoms with E-state index in [1.807, 2.05) is 54.6 Å². The Kier molecular flexibility index (Phi) is 6.36. The molecule has 0 radical (unpaired) electrons. The van der Waals surface area contributed by atoms with Crippen molar-refractivity contribution in [2.75, 3.05) is 10.7 Å². The van der Waals surface area contributed by atoms with E-state index >= 15 is 0 Å².